The summed E-state index contributed by atoms with van der Waals surface area (Å²) in [6.45, 7) is 1.31. The summed E-state index contributed by atoms with van der Waals surface area (Å²) < 4.78 is 0. The van der Waals surface area contributed by atoms with Gasteiger partial charge in [0, 0.05) is 17.3 Å². The third-order valence-corrected chi connectivity index (χ3v) is 6.07. The van der Waals surface area contributed by atoms with Crippen molar-refractivity contribution in [2.24, 2.45) is 4.99 Å². The molecule has 1 aliphatic rings. The summed E-state index contributed by atoms with van der Waals surface area (Å²) in [5.41, 5.74) is 2.11. The zero-order valence-electron chi connectivity index (χ0n) is 14.8. The van der Waals surface area contributed by atoms with Gasteiger partial charge in [0.2, 0.25) is 5.91 Å². The van der Waals surface area contributed by atoms with Crippen molar-refractivity contribution in [2.75, 3.05) is 13.1 Å². The Morgan fingerprint density at radius 3 is 2.63 bits per heavy atom. The summed E-state index contributed by atoms with van der Waals surface area (Å²) in [6, 6.07) is 22.1. The molecule has 0 saturated carbocycles. The number of hydrogen-bond acceptors (Lipinski definition) is 3. The Bertz CT molecular complexity index is 1010. The van der Waals surface area contributed by atoms with Crippen LogP contribution in [0.15, 0.2) is 71.7 Å². The number of hydrogen-bond donors (Lipinski definition) is 0. The van der Waals surface area contributed by atoms with Gasteiger partial charge in [-0.2, -0.15) is 0 Å². The number of carbonyl (C=O) groups is 1. The zero-order valence-corrected chi connectivity index (χ0v) is 16.3. The normalized spacial score (nSPS) is 13.8. The Kier molecular flexibility index (Phi) is 5.46. The number of halogens is 1. The molecule has 0 radical (unpaired) electrons. The van der Waals surface area contributed by atoms with E-state index >= 15 is 0 Å². The fourth-order valence-electron chi connectivity index (χ4n) is 3.24. The Hall–Kier alpha value is -2.30. The molecule has 0 saturated heterocycles. The standard InChI is InChI=1S/C22H19ClN2OS/c23-20-11-4-2-7-18(20)15-27-22-24-12-13-25(22)21(26)14-17-9-5-8-16-6-1-3-10-19(16)17/h1-11H,12-15H2. The van der Waals surface area contributed by atoms with Gasteiger partial charge in [-0.3, -0.25) is 14.7 Å². The van der Waals surface area contributed by atoms with Crippen LogP contribution < -0.4 is 0 Å². The monoisotopic (exact) mass is 394 g/mol. The molecule has 4 rings (SSSR count). The van der Waals surface area contributed by atoms with E-state index in [1.807, 2.05) is 53.4 Å². The van der Waals surface area contributed by atoms with Crippen LogP contribution >= 0.6 is 23.4 Å². The number of carbonyl (C=O) groups excluding carboxylic acids is 1. The number of fused-ring (bicyclic) bond motifs is 1. The molecule has 0 aromatic heterocycles. The Labute approximate surface area is 168 Å². The average Bonchev–Trinajstić information content (AvgIpc) is 3.16. The number of benzene rings is 3. The molecule has 3 aromatic carbocycles. The molecular weight excluding hydrogens is 376 g/mol. The fourth-order valence-corrected chi connectivity index (χ4v) is 4.59. The van der Waals surface area contributed by atoms with Crippen LogP contribution in [0.1, 0.15) is 11.1 Å². The van der Waals surface area contributed by atoms with E-state index in [-0.39, 0.29) is 5.91 Å². The Morgan fingerprint density at radius 1 is 1.00 bits per heavy atom. The SMILES string of the molecule is O=C(Cc1cccc2ccccc12)N1CCN=C1SCc1ccccc1Cl. The molecule has 27 heavy (non-hydrogen) atoms. The number of aliphatic imine (C=N–C) groups is 1. The lowest BCUT2D eigenvalue weighted by Crippen LogP contribution is -2.34. The molecule has 5 heteroatoms. The molecule has 0 fully saturated rings. The van der Waals surface area contributed by atoms with Crippen molar-refractivity contribution in [3.8, 4) is 0 Å². The van der Waals surface area contributed by atoms with Crippen molar-refractivity contribution in [2.45, 2.75) is 12.2 Å². The molecule has 136 valence electrons. The first kappa shape index (κ1) is 18.1. The van der Waals surface area contributed by atoms with Crippen molar-refractivity contribution < 1.29 is 4.79 Å². The first-order chi connectivity index (χ1) is 13.2. The topological polar surface area (TPSA) is 32.7 Å². The lowest BCUT2D eigenvalue weighted by atomic mass is 10.0. The molecule has 1 aliphatic heterocycles. The van der Waals surface area contributed by atoms with Gasteiger partial charge in [0.15, 0.2) is 5.17 Å². The average molecular weight is 395 g/mol. The van der Waals surface area contributed by atoms with E-state index in [1.165, 1.54) is 0 Å². The van der Waals surface area contributed by atoms with Crippen LogP contribution in [0.3, 0.4) is 0 Å². The maximum absolute atomic E-state index is 13.0. The summed E-state index contributed by atoms with van der Waals surface area (Å²) in [4.78, 5) is 19.3. The van der Waals surface area contributed by atoms with Crippen LogP contribution in [0.4, 0.5) is 0 Å². The number of thioether (sulfide) groups is 1. The Balaban J connectivity index is 1.46. The van der Waals surface area contributed by atoms with Crippen LogP contribution in [-0.4, -0.2) is 29.1 Å². The van der Waals surface area contributed by atoms with Gasteiger partial charge in [0.1, 0.15) is 0 Å². The summed E-state index contributed by atoms with van der Waals surface area (Å²) in [6.07, 6.45) is 0.382. The van der Waals surface area contributed by atoms with Gasteiger partial charge in [-0.25, -0.2) is 0 Å². The van der Waals surface area contributed by atoms with Crippen LogP contribution in [0.25, 0.3) is 10.8 Å². The summed E-state index contributed by atoms with van der Waals surface area (Å²) in [7, 11) is 0. The minimum Gasteiger partial charge on any atom is -0.289 e. The highest BCUT2D eigenvalue weighted by Crippen LogP contribution is 2.25. The van der Waals surface area contributed by atoms with Gasteiger partial charge in [-0.05, 0) is 28.0 Å². The van der Waals surface area contributed by atoms with Gasteiger partial charge in [-0.1, -0.05) is 84.0 Å². The summed E-state index contributed by atoms with van der Waals surface area (Å²) in [5, 5.41) is 3.83. The van der Waals surface area contributed by atoms with E-state index in [2.05, 4.69) is 23.2 Å². The van der Waals surface area contributed by atoms with Gasteiger partial charge in [0.25, 0.3) is 0 Å². The second-order valence-corrected chi connectivity index (χ2v) is 7.75. The van der Waals surface area contributed by atoms with E-state index in [9.17, 15) is 4.79 Å². The molecule has 0 unspecified atom stereocenters. The number of rotatable bonds is 4. The van der Waals surface area contributed by atoms with Crippen LogP contribution in [-0.2, 0) is 17.0 Å². The van der Waals surface area contributed by atoms with Gasteiger partial charge >= 0.3 is 0 Å². The van der Waals surface area contributed by atoms with Crippen molar-refractivity contribution in [1.29, 1.82) is 0 Å². The lowest BCUT2D eigenvalue weighted by molar-refractivity contribution is -0.126. The minimum atomic E-state index is 0.0919. The second kappa shape index (κ2) is 8.15. The van der Waals surface area contributed by atoms with E-state index < -0.39 is 0 Å². The first-order valence-electron chi connectivity index (χ1n) is 8.90. The number of amides is 1. The molecule has 0 N–H and O–H groups in total. The predicted octanol–water partition coefficient (Wildman–Crippen LogP) is 5.17. The highest BCUT2D eigenvalue weighted by atomic mass is 35.5. The molecule has 0 spiro atoms. The van der Waals surface area contributed by atoms with Gasteiger partial charge < -0.3 is 0 Å². The highest BCUT2D eigenvalue weighted by molar-refractivity contribution is 8.13. The molecular formula is C22H19ClN2OS. The quantitative estimate of drug-likeness (QED) is 0.611. The van der Waals surface area contributed by atoms with E-state index in [1.54, 1.807) is 11.8 Å². The van der Waals surface area contributed by atoms with Crippen LogP contribution in [0.5, 0.6) is 0 Å². The summed E-state index contributed by atoms with van der Waals surface area (Å²) in [5.74, 6) is 0.797. The second-order valence-electron chi connectivity index (χ2n) is 6.40. The van der Waals surface area contributed by atoms with Crippen LogP contribution in [0.2, 0.25) is 5.02 Å². The van der Waals surface area contributed by atoms with Crippen LogP contribution in [0, 0.1) is 0 Å². The fraction of sp³-hybridized carbons (Fsp3) is 0.182. The summed E-state index contributed by atoms with van der Waals surface area (Å²) >= 11 is 7.81. The van der Waals surface area contributed by atoms with E-state index in [4.69, 9.17) is 11.6 Å². The largest absolute Gasteiger partial charge is 0.289 e. The van der Waals surface area contributed by atoms with Crippen molar-refractivity contribution in [3.05, 3.63) is 82.9 Å². The molecule has 0 atom stereocenters. The van der Waals surface area contributed by atoms with E-state index in [0.717, 1.165) is 32.1 Å². The maximum Gasteiger partial charge on any atom is 0.233 e. The molecule has 1 heterocycles. The molecule has 0 bridgehead atoms. The third-order valence-electron chi connectivity index (χ3n) is 4.64. The smallest absolute Gasteiger partial charge is 0.233 e. The van der Waals surface area contributed by atoms with Crippen molar-refractivity contribution in [3.63, 3.8) is 0 Å². The first-order valence-corrected chi connectivity index (χ1v) is 10.3. The number of nitrogens with zero attached hydrogens (tertiary/aromatic N) is 2. The van der Waals surface area contributed by atoms with Crippen molar-refractivity contribution in [1.82, 2.24) is 4.90 Å². The van der Waals surface area contributed by atoms with Gasteiger partial charge in [-0.15, -0.1) is 0 Å². The lowest BCUT2D eigenvalue weighted by Gasteiger charge is -2.18. The molecule has 3 aromatic rings. The third kappa shape index (κ3) is 4.02. The predicted molar refractivity (Wildman–Crippen MR) is 114 cm³/mol. The van der Waals surface area contributed by atoms with E-state index in [0.29, 0.717) is 25.3 Å². The molecule has 1 amide bonds. The van der Waals surface area contributed by atoms with Gasteiger partial charge in [0.05, 0.1) is 13.0 Å². The number of amidine groups is 1. The van der Waals surface area contributed by atoms with Crippen molar-refractivity contribution >= 4 is 45.2 Å². The zero-order chi connectivity index (χ0) is 18.6. The Morgan fingerprint density at radius 2 is 1.74 bits per heavy atom. The molecule has 0 aliphatic carbocycles. The molecule has 3 nitrogen and oxygen atoms in total. The maximum atomic E-state index is 13.0. The highest BCUT2D eigenvalue weighted by Gasteiger charge is 2.24. The minimum absolute atomic E-state index is 0.0919.